The second-order valence-electron chi connectivity index (χ2n) is 5.64. The van der Waals surface area contributed by atoms with Crippen LogP contribution < -0.4 is 4.74 Å². The van der Waals surface area contributed by atoms with Gasteiger partial charge in [-0.25, -0.2) is 18.4 Å². The number of ether oxygens (including phenoxy) is 1. The molecule has 0 aliphatic carbocycles. The Morgan fingerprint density at radius 1 is 1.07 bits per heavy atom. The van der Waals surface area contributed by atoms with Crippen LogP contribution in [-0.4, -0.2) is 18.4 Å². The lowest BCUT2D eigenvalue weighted by Crippen LogP contribution is -2.03. The van der Waals surface area contributed by atoms with Crippen LogP contribution in [0.25, 0.3) is 6.08 Å². The Bertz CT molecular complexity index is 1120. The summed E-state index contributed by atoms with van der Waals surface area (Å²) in [6, 6.07) is 16.7. The van der Waals surface area contributed by atoms with Crippen LogP contribution in [0.1, 0.15) is 11.1 Å². The standard InChI is InChI=1S/C20H15N3O3S/c1-15-6-8-18(9-7-15)27(24,25)19(14-21)13-16-4-2-5-17(12-16)26-20-22-10-3-11-23-20/h2-13H,1H3/b19-13+. The van der Waals surface area contributed by atoms with Crippen molar-refractivity contribution < 1.29 is 13.2 Å². The third-order valence-corrected chi connectivity index (χ3v) is 5.32. The van der Waals surface area contributed by atoms with E-state index in [1.165, 1.54) is 18.2 Å². The summed E-state index contributed by atoms with van der Waals surface area (Å²) >= 11 is 0. The molecule has 0 aliphatic rings. The van der Waals surface area contributed by atoms with Crippen LogP contribution in [0, 0.1) is 18.3 Å². The summed E-state index contributed by atoms with van der Waals surface area (Å²) in [5, 5.41) is 9.39. The van der Waals surface area contributed by atoms with Crippen LogP contribution in [0.5, 0.6) is 11.8 Å². The first-order valence-electron chi connectivity index (χ1n) is 7.97. The van der Waals surface area contributed by atoms with Gasteiger partial charge in [0.1, 0.15) is 16.7 Å². The van der Waals surface area contributed by atoms with Crippen molar-refractivity contribution in [3.63, 3.8) is 0 Å². The van der Waals surface area contributed by atoms with Crippen molar-refractivity contribution in [3.05, 3.63) is 83.0 Å². The number of benzene rings is 2. The van der Waals surface area contributed by atoms with Gasteiger partial charge in [0.25, 0.3) is 0 Å². The molecule has 3 rings (SSSR count). The predicted molar refractivity (Wildman–Crippen MR) is 101 cm³/mol. The lowest BCUT2D eigenvalue weighted by Gasteiger charge is -2.06. The molecule has 27 heavy (non-hydrogen) atoms. The molecule has 0 spiro atoms. The number of nitrogens with zero attached hydrogens (tertiary/aromatic N) is 3. The Morgan fingerprint density at radius 2 is 1.78 bits per heavy atom. The van der Waals surface area contributed by atoms with E-state index in [-0.39, 0.29) is 15.8 Å². The molecule has 0 fully saturated rings. The number of rotatable bonds is 5. The van der Waals surface area contributed by atoms with E-state index < -0.39 is 9.84 Å². The second-order valence-corrected chi connectivity index (χ2v) is 7.56. The van der Waals surface area contributed by atoms with Crippen LogP contribution in [0.15, 0.2) is 76.8 Å². The predicted octanol–water partition coefficient (Wildman–Crippen LogP) is 3.92. The molecular weight excluding hydrogens is 362 g/mol. The summed E-state index contributed by atoms with van der Waals surface area (Å²) in [4.78, 5) is 7.67. The number of nitriles is 1. The smallest absolute Gasteiger partial charge is 0.321 e. The lowest BCUT2D eigenvalue weighted by atomic mass is 10.2. The summed E-state index contributed by atoms with van der Waals surface area (Å²) in [6.45, 7) is 1.86. The zero-order valence-corrected chi connectivity index (χ0v) is 15.2. The minimum absolute atomic E-state index is 0.0750. The van der Waals surface area contributed by atoms with Gasteiger partial charge in [0.15, 0.2) is 0 Å². The van der Waals surface area contributed by atoms with E-state index in [0.717, 1.165) is 5.56 Å². The summed E-state index contributed by atoms with van der Waals surface area (Å²) in [5.74, 6) is 0.431. The van der Waals surface area contributed by atoms with Gasteiger partial charge in [0, 0.05) is 12.4 Å². The number of allylic oxidation sites excluding steroid dienone is 1. The topological polar surface area (TPSA) is 92.9 Å². The molecule has 1 aromatic heterocycles. The van der Waals surface area contributed by atoms with E-state index in [9.17, 15) is 13.7 Å². The first-order valence-corrected chi connectivity index (χ1v) is 9.46. The van der Waals surface area contributed by atoms with E-state index in [1.54, 1.807) is 60.9 Å². The minimum Gasteiger partial charge on any atom is -0.424 e. The molecule has 0 unspecified atom stereocenters. The molecule has 0 amide bonds. The third-order valence-electron chi connectivity index (χ3n) is 3.64. The van der Waals surface area contributed by atoms with Gasteiger partial charge in [-0.3, -0.25) is 0 Å². The van der Waals surface area contributed by atoms with E-state index in [4.69, 9.17) is 4.74 Å². The molecule has 2 aromatic carbocycles. The molecule has 0 atom stereocenters. The maximum absolute atomic E-state index is 12.7. The molecule has 0 saturated carbocycles. The van der Waals surface area contributed by atoms with E-state index >= 15 is 0 Å². The van der Waals surface area contributed by atoms with Gasteiger partial charge >= 0.3 is 6.01 Å². The van der Waals surface area contributed by atoms with E-state index in [2.05, 4.69) is 9.97 Å². The van der Waals surface area contributed by atoms with Crippen molar-refractivity contribution in [1.29, 1.82) is 5.26 Å². The molecule has 7 heteroatoms. The fourth-order valence-corrected chi connectivity index (χ4v) is 3.44. The Hall–Kier alpha value is -3.50. The van der Waals surface area contributed by atoms with Crippen molar-refractivity contribution in [2.75, 3.05) is 0 Å². The number of aryl methyl sites for hydroxylation is 1. The third kappa shape index (κ3) is 4.37. The van der Waals surface area contributed by atoms with Crippen LogP contribution >= 0.6 is 0 Å². The molecule has 0 bridgehead atoms. The first-order chi connectivity index (χ1) is 13.0. The van der Waals surface area contributed by atoms with Crippen LogP contribution in [0.3, 0.4) is 0 Å². The van der Waals surface area contributed by atoms with Gasteiger partial charge in [-0.05, 0) is 48.9 Å². The van der Waals surface area contributed by atoms with Crippen molar-refractivity contribution in [2.24, 2.45) is 0 Å². The van der Waals surface area contributed by atoms with Crippen LogP contribution in [-0.2, 0) is 9.84 Å². The van der Waals surface area contributed by atoms with Gasteiger partial charge in [-0.2, -0.15) is 5.26 Å². The number of aromatic nitrogens is 2. The van der Waals surface area contributed by atoms with Crippen molar-refractivity contribution in [1.82, 2.24) is 9.97 Å². The molecule has 0 radical (unpaired) electrons. The van der Waals surface area contributed by atoms with Gasteiger partial charge < -0.3 is 4.74 Å². The fourth-order valence-electron chi connectivity index (χ4n) is 2.28. The highest BCUT2D eigenvalue weighted by Crippen LogP contribution is 2.24. The largest absolute Gasteiger partial charge is 0.424 e. The van der Waals surface area contributed by atoms with Gasteiger partial charge in [-0.15, -0.1) is 0 Å². The second kappa shape index (κ2) is 7.81. The normalized spacial score (nSPS) is 11.6. The molecule has 1 heterocycles. The van der Waals surface area contributed by atoms with Gasteiger partial charge in [-0.1, -0.05) is 29.8 Å². The maximum atomic E-state index is 12.7. The van der Waals surface area contributed by atoms with Crippen LogP contribution in [0.2, 0.25) is 0 Å². The Morgan fingerprint density at radius 3 is 2.44 bits per heavy atom. The molecular formula is C20H15N3O3S. The average Bonchev–Trinajstić information content (AvgIpc) is 2.67. The molecule has 134 valence electrons. The number of hydrogen-bond donors (Lipinski definition) is 0. The van der Waals surface area contributed by atoms with Crippen molar-refractivity contribution in [3.8, 4) is 17.8 Å². The zero-order valence-electron chi connectivity index (χ0n) is 14.4. The highest BCUT2D eigenvalue weighted by Gasteiger charge is 2.20. The quantitative estimate of drug-likeness (QED) is 0.626. The number of hydrogen-bond acceptors (Lipinski definition) is 6. The monoisotopic (exact) mass is 377 g/mol. The van der Waals surface area contributed by atoms with Crippen molar-refractivity contribution >= 4 is 15.9 Å². The first kappa shape index (κ1) is 18.3. The Labute approximate surface area is 157 Å². The average molecular weight is 377 g/mol. The highest BCUT2D eigenvalue weighted by atomic mass is 32.2. The number of sulfone groups is 1. The van der Waals surface area contributed by atoms with Gasteiger partial charge in [0.2, 0.25) is 9.84 Å². The Balaban J connectivity index is 1.93. The molecule has 0 saturated heterocycles. The summed E-state index contributed by atoms with van der Waals surface area (Å²) in [5.41, 5.74) is 1.44. The molecule has 3 aromatic rings. The SMILES string of the molecule is Cc1ccc(S(=O)(=O)/C(C#N)=C/c2cccc(Oc3ncccn3)c2)cc1. The lowest BCUT2D eigenvalue weighted by molar-refractivity contribution is 0.441. The van der Waals surface area contributed by atoms with E-state index in [1.807, 2.05) is 6.92 Å². The minimum atomic E-state index is -3.90. The van der Waals surface area contributed by atoms with Gasteiger partial charge in [0.05, 0.1) is 4.90 Å². The summed E-state index contributed by atoms with van der Waals surface area (Å²) in [6.07, 6.45) is 4.41. The molecule has 0 aliphatic heterocycles. The van der Waals surface area contributed by atoms with Crippen LogP contribution in [0.4, 0.5) is 0 Å². The maximum Gasteiger partial charge on any atom is 0.321 e. The fraction of sp³-hybridized carbons (Fsp3) is 0.0500. The summed E-state index contributed by atoms with van der Waals surface area (Å²) < 4.78 is 31.0. The summed E-state index contributed by atoms with van der Waals surface area (Å²) in [7, 11) is -3.90. The van der Waals surface area contributed by atoms with Crippen molar-refractivity contribution in [2.45, 2.75) is 11.8 Å². The van der Waals surface area contributed by atoms with E-state index in [0.29, 0.717) is 11.3 Å². The highest BCUT2D eigenvalue weighted by molar-refractivity contribution is 7.95. The Kier molecular flexibility index (Phi) is 5.29. The molecule has 6 nitrogen and oxygen atoms in total. The molecule has 0 N–H and O–H groups in total. The zero-order chi connectivity index (χ0) is 19.3.